The van der Waals surface area contributed by atoms with E-state index in [9.17, 15) is 4.79 Å². The first-order valence-corrected chi connectivity index (χ1v) is 8.99. The van der Waals surface area contributed by atoms with Crippen molar-refractivity contribution in [1.82, 2.24) is 19.9 Å². The van der Waals surface area contributed by atoms with Gasteiger partial charge in [-0.25, -0.2) is 15.0 Å². The highest BCUT2D eigenvalue weighted by Crippen LogP contribution is 2.20. The molecule has 0 spiro atoms. The van der Waals surface area contributed by atoms with Crippen molar-refractivity contribution in [3.8, 4) is 5.88 Å². The molecule has 2 aromatic rings. The second-order valence-corrected chi connectivity index (χ2v) is 6.34. The Morgan fingerprint density at radius 3 is 2.69 bits per heavy atom. The molecule has 1 aliphatic heterocycles. The topological polar surface area (TPSA) is 71.5 Å². The average molecular weight is 355 g/mol. The Morgan fingerprint density at radius 1 is 1.15 bits per heavy atom. The maximum absolute atomic E-state index is 12.8. The Hall–Kier alpha value is -2.70. The van der Waals surface area contributed by atoms with Crippen molar-refractivity contribution in [3.63, 3.8) is 0 Å². The van der Waals surface area contributed by atoms with Crippen molar-refractivity contribution in [2.45, 2.75) is 26.7 Å². The summed E-state index contributed by atoms with van der Waals surface area (Å²) < 4.78 is 5.05. The Balaban J connectivity index is 1.71. The molecule has 0 aromatic carbocycles. The molecule has 0 N–H and O–H groups in total. The lowest BCUT2D eigenvalue weighted by molar-refractivity contribution is 0.0766. The van der Waals surface area contributed by atoms with Gasteiger partial charge in [-0.2, -0.15) is 0 Å². The second-order valence-electron chi connectivity index (χ2n) is 6.34. The zero-order valence-corrected chi connectivity index (χ0v) is 15.6. The van der Waals surface area contributed by atoms with Gasteiger partial charge in [-0.3, -0.25) is 4.79 Å². The van der Waals surface area contributed by atoms with Gasteiger partial charge in [0.15, 0.2) is 0 Å². The van der Waals surface area contributed by atoms with Gasteiger partial charge < -0.3 is 14.5 Å². The largest absolute Gasteiger partial charge is 0.481 e. The van der Waals surface area contributed by atoms with Crippen LogP contribution < -0.4 is 9.64 Å². The number of aromatic nitrogens is 3. The summed E-state index contributed by atoms with van der Waals surface area (Å²) in [6, 6.07) is 3.48. The molecular weight excluding hydrogens is 330 g/mol. The van der Waals surface area contributed by atoms with Gasteiger partial charge in [0.1, 0.15) is 11.6 Å². The Kier molecular flexibility index (Phi) is 5.65. The summed E-state index contributed by atoms with van der Waals surface area (Å²) in [6.07, 6.45) is 5.29. The smallest absolute Gasteiger partial charge is 0.255 e. The summed E-state index contributed by atoms with van der Waals surface area (Å²) in [5.41, 5.74) is 1.74. The third-order valence-electron chi connectivity index (χ3n) is 4.62. The minimum absolute atomic E-state index is 0.0107. The number of carbonyl (C=O) groups excluding carboxylic acids is 1. The molecule has 138 valence electrons. The van der Waals surface area contributed by atoms with Gasteiger partial charge in [0, 0.05) is 50.2 Å². The zero-order chi connectivity index (χ0) is 18.5. The van der Waals surface area contributed by atoms with Gasteiger partial charge in [0.25, 0.3) is 5.91 Å². The van der Waals surface area contributed by atoms with Crippen LogP contribution in [0.15, 0.2) is 24.5 Å². The lowest BCUT2D eigenvalue weighted by atomic mass is 10.2. The van der Waals surface area contributed by atoms with Crippen molar-refractivity contribution in [2.75, 3.05) is 38.2 Å². The molecule has 0 atom stereocenters. The van der Waals surface area contributed by atoms with Crippen LogP contribution in [-0.4, -0.2) is 59.0 Å². The van der Waals surface area contributed by atoms with Gasteiger partial charge in [0.05, 0.1) is 12.7 Å². The number of methoxy groups -OCH3 is 1. The molecule has 0 radical (unpaired) electrons. The molecular formula is C19H25N5O2. The Morgan fingerprint density at radius 2 is 2.00 bits per heavy atom. The zero-order valence-electron chi connectivity index (χ0n) is 15.6. The number of anilines is 1. The molecule has 1 fully saturated rings. The predicted octanol–water partition coefficient (Wildman–Crippen LogP) is 2.10. The molecule has 2 aromatic heterocycles. The fourth-order valence-electron chi connectivity index (χ4n) is 3.15. The number of amides is 1. The Labute approximate surface area is 154 Å². The molecule has 0 aliphatic carbocycles. The van der Waals surface area contributed by atoms with E-state index in [-0.39, 0.29) is 5.91 Å². The first-order valence-electron chi connectivity index (χ1n) is 8.99. The standard InChI is InChI=1S/C19H25N5O2/c1-4-15-12-20-14(2)22-18(15)23-8-5-9-24(11-10-23)19(25)16-6-7-17(26-3)21-13-16/h6-7,12-13H,4-5,8-11H2,1-3H3. The van der Waals surface area contributed by atoms with Crippen LogP contribution in [0.4, 0.5) is 5.82 Å². The third-order valence-corrected chi connectivity index (χ3v) is 4.62. The molecule has 0 unspecified atom stereocenters. The molecule has 7 nitrogen and oxygen atoms in total. The first kappa shape index (κ1) is 18.1. The van der Waals surface area contributed by atoms with Crippen molar-refractivity contribution >= 4 is 11.7 Å². The summed E-state index contributed by atoms with van der Waals surface area (Å²) in [6.45, 7) is 7.06. The van der Waals surface area contributed by atoms with E-state index in [1.54, 1.807) is 25.4 Å². The molecule has 7 heteroatoms. The molecule has 26 heavy (non-hydrogen) atoms. The van der Waals surface area contributed by atoms with Gasteiger partial charge >= 0.3 is 0 Å². The number of hydrogen-bond acceptors (Lipinski definition) is 6. The number of aryl methyl sites for hydroxylation is 2. The molecule has 1 amide bonds. The van der Waals surface area contributed by atoms with E-state index < -0.39 is 0 Å². The van der Waals surface area contributed by atoms with Crippen molar-refractivity contribution in [3.05, 3.63) is 41.5 Å². The summed E-state index contributed by atoms with van der Waals surface area (Å²) in [7, 11) is 1.56. The summed E-state index contributed by atoms with van der Waals surface area (Å²) in [4.78, 5) is 30.0. The molecule has 0 bridgehead atoms. The number of ether oxygens (including phenoxy) is 1. The van der Waals surface area contributed by atoms with Crippen LogP contribution in [-0.2, 0) is 6.42 Å². The number of rotatable bonds is 4. The lowest BCUT2D eigenvalue weighted by Gasteiger charge is -2.24. The summed E-state index contributed by atoms with van der Waals surface area (Å²) in [5.74, 6) is 2.30. The van der Waals surface area contributed by atoms with Crippen LogP contribution in [0.3, 0.4) is 0 Å². The van der Waals surface area contributed by atoms with E-state index in [4.69, 9.17) is 4.74 Å². The minimum Gasteiger partial charge on any atom is -0.481 e. The van der Waals surface area contributed by atoms with E-state index in [2.05, 4.69) is 26.8 Å². The predicted molar refractivity (Wildman–Crippen MR) is 99.7 cm³/mol. The maximum Gasteiger partial charge on any atom is 0.255 e. The van der Waals surface area contributed by atoms with Crippen LogP contribution in [0.25, 0.3) is 0 Å². The van der Waals surface area contributed by atoms with Crippen molar-refractivity contribution in [1.29, 1.82) is 0 Å². The lowest BCUT2D eigenvalue weighted by Crippen LogP contribution is -2.35. The van der Waals surface area contributed by atoms with Gasteiger partial charge in [-0.15, -0.1) is 0 Å². The van der Waals surface area contributed by atoms with E-state index in [0.29, 0.717) is 18.0 Å². The highest BCUT2D eigenvalue weighted by molar-refractivity contribution is 5.94. The van der Waals surface area contributed by atoms with Crippen LogP contribution >= 0.6 is 0 Å². The van der Waals surface area contributed by atoms with Gasteiger partial charge in [-0.1, -0.05) is 6.92 Å². The molecule has 1 aliphatic rings. The number of pyridine rings is 1. The highest BCUT2D eigenvalue weighted by atomic mass is 16.5. The van der Waals surface area contributed by atoms with Crippen molar-refractivity contribution in [2.24, 2.45) is 0 Å². The summed E-state index contributed by atoms with van der Waals surface area (Å²) >= 11 is 0. The SMILES string of the molecule is CCc1cnc(C)nc1N1CCCN(C(=O)c2ccc(OC)nc2)CC1. The first-order chi connectivity index (χ1) is 12.6. The molecule has 1 saturated heterocycles. The van der Waals surface area contributed by atoms with Crippen LogP contribution in [0.1, 0.15) is 35.1 Å². The van der Waals surface area contributed by atoms with Gasteiger partial charge in [0.2, 0.25) is 5.88 Å². The second kappa shape index (κ2) is 8.12. The van der Waals surface area contributed by atoms with Crippen molar-refractivity contribution < 1.29 is 9.53 Å². The number of carbonyl (C=O) groups is 1. The monoisotopic (exact) mass is 355 g/mol. The van der Waals surface area contributed by atoms with E-state index in [0.717, 1.165) is 49.7 Å². The average Bonchev–Trinajstić information content (AvgIpc) is 2.93. The normalized spacial score (nSPS) is 14.9. The Bertz CT molecular complexity index is 763. The summed E-state index contributed by atoms with van der Waals surface area (Å²) in [5, 5.41) is 0. The molecule has 3 heterocycles. The van der Waals surface area contributed by atoms with Crippen LogP contribution in [0.2, 0.25) is 0 Å². The number of hydrogen-bond donors (Lipinski definition) is 0. The third kappa shape index (κ3) is 3.92. The molecule has 3 rings (SSSR count). The highest BCUT2D eigenvalue weighted by Gasteiger charge is 2.22. The van der Waals surface area contributed by atoms with Crippen LogP contribution in [0.5, 0.6) is 5.88 Å². The molecule has 0 saturated carbocycles. The van der Waals surface area contributed by atoms with E-state index >= 15 is 0 Å². The maximum atomic E-state index is 12.8. The minimum atomic E-state index is 0.0107. The van der Waals surface area contributed by atoms with Crippen LogP contribution in [0, 0.1) is 6.92 Å². The fourth-order valence-corrected chi connectivity index (χ4v) is 3.15. The van der Waals surface area contributed by atoms with Gasteiger partial charge in [-0.05, 0) is 25.8 Å². The number of nitrogens with zero attached hydrogens (tertiary/aromatic N) is 5. The quantitative estimate of drug-likeness (QED) is 0.836. The fraction of sp³-hybridized carbons (Fsp3) is 0.474. The van der Waals surface area contributed by atoms with E-state index in [1.807, 2.05) is 18.0 Å². The van der Waals surface area contributed by atoms with E-state index in [1.165, 1.54) is 0 Å².